The Hall–Kier alpha value is -1.76. The zero-order valence-corrected chi connectivity index (χ0v) is 11.1. The molecule has 2 amide bonds. The first kappa shape index (κ1) is 12.7. The molecule has 1 fully saturated rings. The van der Waals surface area contributed by atoms with Crippen LogP contribution in [0.4, 0.5) is 0 Å². The Morgan fingerprint density at radius 3 is 2.67 bits per heavy atom. The summed E-state index contributed by atoms with van der Waals surface area (Å²) in [7, 11) is 0. The minimum absolute atomic E-state index is 0.168. The van der Waals surface area contributed by atoms with Gasteiger partial charge in [-0.15, -0.1) is 5.10 Å². The van der Waals surface area contributed by atoms with E-state index in [-0.39, 0.29) is 11.8 Å². The molecule has 0 aromatic carbocycles. The van der Waals surface area contributed by atoms with E-state index in [1.165, 1.54) is 16.1 Å². The first-order chi connectivity index (χ1) is 8.65. The summed E-state index contributed by atoms with van der Waals surface area (Å²) >= 11 is 1.06. The summed E-state index contributed by atoms with van der Waals surface area (Å²) in [6, 6.07) is 0. The first-order valence-corrected chi connectivity index (χ1v) is 6.47. The van der Waals surface area contributed by atoms with Gasteiger partial charge in [0.1, 0.15) is 4.88 Å². The molecule has 0 bridgehead atoms. The molecule has 0 N–H and O–H groups in total. The summed E-state index contributed by atoms with van der Waals surface area (Å²) < 4.78 is 3.75. The fourth-order valence-corrected chi connectivity index (χ4v) is 2.43. The van der Waals surface area contributed by atoms with Gasteiger partial charge in [-0.25, -0.2) is 10.0 Å². The lowest BCUT2D eigenvalue weighted by Gasteiger charge is -2.26. The summed E-state index contributed by atoms with van der Waals surface area (Å²) in [5.74, 6) is -0.365. The van der Waals surface area contributed by atoms with Gasteiger partial charge in [-0.3, -0.25) is 9.59 Å². The van der Waals surface area contributed by atoms with Crippen LogP contribution in [0.1, 0.15) is 28.7 Å². The van der Waals surface area contributed by atoms with E-state index < -0.39 is 0 Å². The van der Waals surface area contributed by atoms with Crippen LogP contribution >= 0.6 is 11.5 Å². The lowest BCUT2D eigenvalue weighted by Crippen LogP contribution is -2.44. The third-order valence-corrected chi connectivity index (χ3v) is 3.49. The van der Waals surface area contributed by atoms with Gasteiger partial charge in [0.15, 0.2) is 0 Å². The smallest absolute Gasteiger partial charge is 0.268 e. The van der Waals surface area contributed by atoms with Gasteiger partial charge in [0.25, 0.3) is 11.8 Å². The summed E-state index contributed by atoms with van der Waals surface area (Å²) in [4.78, 5) is 24.6. The number of hydrogen-bond acceptors (Lipinski definition) is 5. The number of nitrogens with zero attached hydrogens (tertiary/aromatic N) is 4. The fourth-order valence-electron chi connectivity index (χ4n) is 1.83. The molecule has 6 nitrogen and oxygen atoms in total. The molecular weight excluding hydrogens is 252 g/mol. The molecule has 2 heterocycles. The van der Waals surface area contributed by atoms with Crippen LogP contribution in [0.3, 0.4) is 0 Å². The first-order valence-electron chi connectivity index (χ1n) is 5.70. The monoisotopic (exact) mass is 266 g/mol. The van der Waals surface area contributed by atoms with Gasteiger partial charge in [0.2, 0.25) is 0 Å². The molecule has 1 aromatic rings. The van der Waals surface area contributed by atoms with Gasteiger partial charge in [0.05, 0.1) is 5.69 Å². The van der Waals surface area contributed by atoms with Crippen LogP contribution in [0.25, 0.3) is 0 Å². The van der Waals surface area contributed by atoms with Crippen molar-refractivity contribution in [1.29, 1.82) is 0 Å². The van der Waals surface area contributed by atoms with Crippen LogP contribution in [-0.4, -0.2) is 44.5 Å². The Bertz CT molecular complexity index is 497. The predicted octanol–water partition coefficient (Wildman–Crippen LogP) is 1.01. The Morgan fingerprint density at radius 2 is 2.06 bits per heavy atom. The number of hydrogen-bond donors (Lipinski definition) is 0. The molecule has 7 heteroatoms. The molecule has 96 valence electrons. The topological polar surface area (TPSA) is 66.4 Å². The van der Waals surface area contributed by atoms with Crippen molar-refractivity contribution >= 4 is 23.3 Å². The second-order valence-corrected chi connectivity index (χ2v) is 4.68. The van der Waals surface area contributed by atoms with Gasteiger partial charge in [0, 0.05) is 19.2 Å². The minimum Gasteiger partial charge on any atom is -0.268 e. The van der Waals surface area contributed by atoms with E-state index >= 15 is 0 Å². The van der Waals surface area contributed by atoms with Crippen molar-refractivity contribution in [2.24, 2.45) is 0 Å². The predicted molar refractivity (Wildman–Crippen MR) is 66.8 cm³/mol. The maximum atomic E-state index is 12.3. The number of aryl methyl sites for hydroxylation is 1. The standard InChI is InChI=1S/C11H14N4O2S/c1-3-5-9(16)14-6-4-7-15(14)11(17)10-8(2)12-13-18-10/h3,5H,4,6-7H2,1-2H3/b5-3+. The molecule has 0 spiro atoms. The van der Waals surface area contributed by atoms with E-state index in [9.17, 15) is 9.59 Å². The van der Waals surface area contributed by atoms with E-state index in [1.807, 2.05) is 0 Å². The average Bonchev–Trinajstić information content (AvgIpc) is 2.96. The average molecular weight is 266 g/mol. The van der Waals surface area contributed by atoms with Crippen LogP contribution in [0, 0.1) is 6.92 Å². The van der Waals surface area contributed by atoms with Crippen molar-refractivity contribution < 1.29 is 9.59 Å². The van der Waals surface area contributed by atoms with Crippen LogP contribution in [0.15, 0.2) is 12.2 Å². The second kappa shape index (κ2) is 5.26. The van der Waals surface area contributed by atoms with Gasteiger partial charge in [-0.05, 0) is 31.8 Å². The molecule has 1 aliphatic rings. The molecule has 0 saturated carbocycles. The Kier molecular flexibility index (Phi) is 3.71. The van der Waals surface area contributed by atoms with Gasteiger partial charge < -0.3 is 0 Å². The molecule has 1 aromatic heterocycles. The number of hydrazine groups is 1. The van der Waals surface area contributed by atoms with Crippen molar-refractivity contribution in [3.63, 3.8) is 0 Å². The highest BCUT2D eigenvalue weighted by Crippen LogP contribution is 2.19. The number of rotatable bonds is 2. The number of aromatic nitrogens is 2. The SMILES string of the molecule is C/C=C/C(=O)N1CCCN1C(=O)c1snnc1C. The van der Waals surface area contributed by atoms with Gasteiger partial charge in [-0.2, -0.15) is 0 Å². The number of amides is 2. The molecule has 18 heavy (non-hydrogen) atoms. The molecule has 1 saturated heterocycles. The van der Waals surface area contributed by atoms with E-state index in [0.29, 0.717) is 23.7 Å². The normalized spacial score (nSPS) is 15.7. The highest BCUT2D eigenvalue weighted by Gasteiger charge is 2.31. The van der Waals surface area contributed by atoms with Crippen molar-refractivity contribution in [1.82, 2.24) is 19.6 Å². The van der Waals surface area contributed by atoms with E-state index in [4.69, 9.17) is 0 Å². The van der Waals surface area contributed by atoms with Crippen LogP contribution in [-0.2, 0) is 4.79 Å². The van der Waals surface area contributed by atoms with Crippen LogP contribution in [0.2, 0.25) is 0 Å². The zero-order chi connectivity index (χ0) is 13.1. The summed E-state index contributed by atoms with van der Waals surface area (Å²) in [5, 5.41) is 6.77. The maximum Gasteiger partial charge on any atom is 0.286 e. The lowest BCUT2D eigenvalue weighted by molar-refractivity contribution is -0.134. The summed E-state index contributed by atoms with van der Waals surface area (Å²) in [5.41, 5.74) is 0.607. The molecule has 0 radical (unpaired) electrons. The number of allylic oxidation sites excluding steroid dienone is 1. The quantitative estimate of drug-likeness (QED) is 0.749. The van der Waals surface area contributed by atoms with E-state index in [2.05, 4.69) is 9.59 Å². The van der Waals surface area contributed by atoms with E-state index in [0.717, 1.165) is 18.0 Å². The molecule has 0 aliphatic carbocycles. The van der Waals surface area contributed by atoms with Crippen LogP contribution in [0.5, 0.6) is 0 Å². The van der Waals surface area contributed by atoms with Crippen molar-refractivity contribution in [2.45, 2.75) is 20.3 Å². The van der Waals surface area contributed by atoms with Gasteiger partial charge in [-0.1, -0.05) is 10.6 Å². The molecule has 1 aliphatic heterocycles. The Morgan fingerprint density at radius 1 is 1.33 bits per heavy atom. The third kappa shape index (κ3) is 2.26. The van der Waals surface area contributed by atoms with Gasteiger partial charge >= 0.3 is 0 Å². The highest BCUT2D eigenvalue weighted by atomic mass is 32.1. The largest absolute Gasteiger partial charge is 0.286 e. The van der Waals surface area contributed by atoms with E-state index in [1.54, 1.807) is 19.9 Å². The fraction of sp³-hybridized carbons (Fsp3) is 0.455. The maximum absolute atomic E-state index is 12.3. The van der Waals surface area contributed by atoms with Crippen molar-refractivity contribution in [2.75, 3.05) is 13.1 Å². The zero-order valence-electron chi connectivity index (χ0n) is 10.3. The number of carbonyl (C=O) groups excluding carboxylic acids is 2. The van der Waals surface area contributed by atoms with Crippen molar-refractivity contribution in [3.05, 3.63) is 22.7 Å². The Labute approximate surface area is 109 Å². The lowest BCUT2D eigenvalue weighted by atomic mass is 10.3. The molecule has 0 atom stereocenters. The third-order valence-electron chi connectivity index (χ3n) is 2.68. The molecular formula is C11H14N4O2S. The Balaban J connectivity index is 2.20. The molecule has 2 rings (SSSR count). The summed E-state index contributed by atoms with van der Waals surface area (Å²) in [6.07, 6.45) is 3.92. The second-order valence-electron chi connectivity index (χ2n) is 3.93. The number of carbonyl (C=O) groups is 2. The van der Waals surface area contributed by atoms with Crippen LogP contribution < -0.4 is 0 Å². The highest BCUT2D eigenvalue weighted by molar-refractivity contribution is 7.07. The summed E-state index contributed by atoms with van der Waals surface area (Å²) in [6.45, 7) is 4.64. The van der Waals surface area contributed by atoms with Crippen molar-refractivity contribution in [3.8, 4) is 0 Å². The molecule has 0 unspecified atom stereocenters. The minimum atomic E-state index is -0.196.